The van der Waals surface area contributed by atoms with Gasteiger partial charge in [0.2, 0.25) is 0 Å². The molecule has 39 heavy (non-hydrogen) atoms. The van der Waals surface area contributed by atoms with Gasteiger partial charge in [0.15, 0.2) is 11.9 Å². The van der Waals surface area contributed by atoms with Crippen molar-refractivity contribution in [1.29, 1.82) is 0 Å². The number of hydrogen-bond acceptors (Lipinski definition) is 6. The number of rotatable bonds is 6. The third-order valence-electron chi connectivity index (χ3n) is 7.69. The van der Waals surface area contributed by atoms with Gasteiger partial charge in [-0.05, 0) is 80.8 Å². The van der Waals surface area contributed by atoms with Crippen molar-refractivity contribution < 1.29 is 18.3 Å². The molecule has 0 saturated heterocycles. The average molecular weight is 542 g/mol. The molecule has 0 aliphatic heterocycles. The zero-order valence-corrected chi connectivity index (χ0v) is 21.8. The van der Waals surface area contributed by atoms with E-state index in [-0.39, 0.29) is 29.0 Å². The van der Waals surface area contributed by atoms with Crippen molar-refractivity contribution in [1.82, 2.24) is 30.4 Å². The molecule has 2 aromatic carbocycles. The van der Waals surface area contributed by atoms with Crippen LogP contribution in [0.3, 0.4) is 0 Å². The summed E-state index contributed by atoms with van der Waals surface area (Å²) in [5, 5.41) is 30.6. The van der Waals surface area contributed by atoms with Crippen molar-refractivity contribution in [3.63, 3.8) is 0 Å². The molecule has 1 saturated carbocycles. The summed E-state index contributed by atoms with van der Waals surface area (Å²) in [6.07, 6.45) is -1.69. The Hall–Kier alpha value is -4.09. The van der Waals surface area contributed by atoms with Gasteiger partial charge in [0.05, 0.1) is 16.9 Å². The van der Waals surface area contributed by atoms with Crippen LogP contribution in [0.15, 0.2) is 41.2 Å². The molecule has 12 heteroatoms. The van der Waals surface area contributed by atoms with Gasteiger partial charge in [-0.2, -0.15) is 18.4 Å². The zero-order chi connectivity index (χ0) is 27.9. The fourth-order valence-corrected chi connectivity index (χ4v) is 5.48. The van der Waals surface area contributed by atoms with Gasteiger partial charge in [-0.1, -0.05) is 29.8 Å². The number of aromatic nitrogens is 6. The lowest BCUT2D eigenvalue weighted by molar-refractivity contribution is -0.144. The minimum absolute atomic E-state index is 0.0350. The first-order valence-electron chi connectivity index (χ1n) is 12.8. The lowest BCUT2D eigenvalue weighted by Gasteiger charge is -2.29. The second-order valence-corrected chi connectivity index (χ2v) is 10.3. The molecule has 4 N–H and O–H groups in total. The van der Waals surface area contributed by atoms with Crippen LogP contribution in [0.25, 0.3) is 5.69 Å². The van der Waals surface area contributed by atoms with E-state index < -0.39 is 23.3 Å². The van der Waals surface area contributed by atoms with Gasteiger partial charge in [0.1, 0.15) is 5.75 Å². The van der Waals surface area contributed by atoms with E-state index in [1.54, 1.807) is 24.3 Å². The highest BCUT2D eigenvalue weighted by molar-refractivity contribution is 5.61. The maximum absolute atomic E-state index is 14.4. The van der Waals surface area contributed by atoms with Crippen LogP contribution in [-0.2, 0) is 0 Å². The van der Waals surface area contributed by atoms with E-state index in [0.29, 0.717) is 23.5 Å². The van der Waals surface area contributed by atoms with Crippen molar-refractivity contribution in [2.45, 2.75) is 70.5 Å². The lowest BCUT2D eigenvalue weighted by atomic mass is 9.77. The van der Waals surface area contributed by atoms with Gasteiger partial charge in [-0.3, -0.25) is 9.89 Å². The first-order chi connectivity index (χ1) is 18.5. The van der Waals surface area contributed by atoms with Crippen LogP contribution >= 0.6 is 0 Å². The predicted molar refractivity (Wildman–Crippen MR) is 139 cm³/mol. The first-order valence-corrected chi connectivity index (χ1v) is 12.8. The van der Waals surface area contributed by atoms with E-state index >= 15 is 0 Å². The van der Waals surface area contributed by atoms with Crippen LogP contribution in [0, 0.1) is 20.8 Å². The molecule has 5 rings (SSSR count). The van der Waals surface area contributed by atoms with E-state index in [0.717, 1.165) is 35.1 Å². The summed E-state index contributed by atoms with van der Waals surface area (Å²) in [6, 6.07) is 7.62. The Morgan fingerprint density at radius 3 is 2.56 bits per heavy atom. The van der Waals surface area contributed by atoms with Crippen molar-refractivity contribution >= 4 is 5.69 Å². The number of para-hydroxylation sites is 1. The number of anilines is 1. The first kappa shape index (κ1) is 26.5. The standard InChI is InChI=1S/C27H30F3N7O2/c1-14-10-11-19(12-15(14)2)37-26(39)22(16(3)34-37)24(27(28,29)30)31-21-9-5-8-20(23(21)38)17-6-4-7-18(13-17)25-32-35-36-33-25/h5,8-12,17-18,24,31,34,38H,4,6-7,13H2,1-3H3,(H,32,33,35,36). The van der Waals surface area contributed by atoms with Crippen LogP contribution in [0.4, 0.5) is 18.9 Å². The van der Waals surface area contributed by atoms with E-state index in [9.17, 15) is 23.1 Å². The molecule has 1 aliphatic rings. The van der Waals surface area contributed by atoms with Crippen molar-refractivity contribution in [2.24, 2.45) is 0 Å². The molecule has 0 amide bonds. The Balaban J connectivity index is 1.48. The molecule has 4 aromatic rings. The largest absolute Gasteiger partial charge is 0.505 e. The number of tetrazole rings is 1. The second-order valence-electron chi connectivity index (χ2n) is 10.3. The fraction of sp³-hybridized carbons (Fsp3) is 0.407. The van der Waals surface area contributed by atoms with Gasteiger partial charge >= 0.3 is 6.18 Å². The Kier molecular flexibility index (Phi) is 6.96. The maximum atomic E-state index is 14.4. The van der Waals surface area contributed by atoms with Gasteiger partial charge < -0.3 is 10.4 Å². The Labute approximate surface area is 222 Å². The molecular formula is C27H30F3N7O2. The SMILES string of the molecule is Cc1ccc(-n2[nH]c(C)c(C(Nc3cccc(C4CCCC(c5nn[nH]n5)C4)c3O)C(F)(F)F)c2=O)cc1C. The monoisotopic (exact) mass is 541 g/mol. The number of H-pyrrole nitrogens is 2. The second kappa shape index (κ2) is 10.2. The quantitative estimate of drug-likeness (QED) is 0.240. The van der Waals surface area contributed by atoms with E-state index in [1.807, 2.05) is 19.9 Å². The van der Waals surface area contributed by atoms with Gasteiger partial charge in [-0.15, -0.1) is 10.2 Å². The molecule has 206 valence electrons. The van der Waals surface area contributed by atoms with Crippen LogP contribution in [-0.4, -0.2) is 41.7 Å². The summed E-state index contributed by atoms with van der Waals surface area (Å²) in [6.45, 7) is 5.22. The number of nitrogens with zero attached hydrogens (tertiary/aromatic N) is 4. The highest BCUT2D eigenvalue weighted by Gasteiger charge is 2.45. The molecule has 0 spiro atoms. The summed E-state index contributed by atoms with van der Waals surface area (Å²) >= 11 is 0. The maximum Gasteiger partial charge on any atom is 0.413 e. The van der Waals surface area contributed by atoms with Crippen LogP contribution in [0.5, 0.6) is 5.75 Å². The third-order valence-corrected chi connectivity index (χ3v) is 7.69. The average Bonchev–Trinajstić information content (AvgIpc) is 3.53. The highest BCUT2D eigenvalue weighted by Crippen LogP contribution is 2.46. The molecule has 1 aliphatic carbocycles. The minimum atomic E-state index is -4.82. The number of aryl methyl sites for hydroxylation is 3. The summed E-state index contributed by atoms with van der Waals surface area (Å²) < 4.78 is 44.5. The topological polar surface area (TPSA) is 125 Å². The summed E-state index contributed by atoms with van der Waals surface area (Å²) in [5.74, 6) is 0.277. The lowest BCUT2D eigenvalue weighted by Crippen LogP contribution is -2.33. The third kappa shape index (κ3) is 5.15. The molecule has 2 aromatic heterocycles. The Morgan fingerprint density at radius 2 is 1.87 bits per heavy atom. The number of phenols is 1. The van der Waals surface area contributed by atoms with Crippen molar-refractivity contribution in [3.05, 3.63) is 80.5 Å². The molecule has 9 nitrogen and oxygen atoms in total. The smallest absolute Gasteiger partial charge is 0.413 e. The molecule has 0 bridgehead atoms. The number of aromatic hydroxyl groups is 1. The number of aromatic amines is 2. The molecule has 3 atom stereocenters. The van der Waals surface area contributed by atoms with Crippen molar-refractivity contribution in [2.75, 3.05) is 5.32 Å². The molecular weight excluding hydrogens is 511 g/mol. The minimum Gasteiger partial charge on any atom is -0.505 e. The summed E-state index contributed by atoms with van der Waals surface area (Å²) in [5.41, 5.74) is 1.63. The normalized spacial score (nSPS) is 18.7. The number of nitrogens with one attached hydrogen (secondary N) is 3. The van der Waals surface area contributed by atoms with E-state index in [1.165, 1.54) is 13.0 Å². The summed E-state index contributed by atoms with van der Waals surface area (Å²) in [7, 11) is 0. The van der Waals surface area contributed by atoms with Crippen molar-refractivity contribution in [3.8, 4) is 11.4 Å². The highest BCUT2D eigenvalue weighted by atomic mass is 19.4. The number of phenolic OH excluding ortho intramolecular Hbond substituents is 1. The van der Waals surface area contributed by atoms with Gasteiger partial charge in [-0.25, -0.2) is 4.68 Å². The number of benzene rings is 2. The fourth-order valence-electron chi connectivity index (χ4n) is 5.48. The molecule has 0 radical (unpaired) electrons. The van der Waals surface area contributed by atoms with Crippen LogP contribution in [0.1, 0.15) is 77.3 Å². The number of hydrogen-bond donors (Lipinski definition) is 4. The molecule has 3 unspecified atom stereocenters. The Morgan fingerprint density at radius 1 is 1.10 bits per heavy atom. The predicted octanol–water partition coefficient (Wildman–Crippen LogP) is 5.47. The van der Waals surface area contributed by atoms with Gasteiger partial charge in [0, 0.05) is 11.6 Å². The number of alkyl halides is 3. The van der Waals surface area contributed by atoms with Gasteiger partial charge in [0.25, 0.3) is 5.56 Å². The van der Waals surface area contributed by atoms with E-state index in [2.05, 4.69) is 31.0 Å². The molecule has 1 fully saturated rings. The summed E-state index contributed by atoms with van der Waals surface area (Å²) in [4.78, 5) is 13.3. The Bertz CT molecular complexity index is 1530. The zero-order valence-electron chi connectivity index (χ0n) is 21.8. The van der Waals surface area contributed by atoms with Crippen LogP contribution < -0.4 is 10.9 Å². The number of halogens is 3. The van der Waals surface area contributed by atoms with E-state index in [4.69, 9.17) is 0 Å². The van der Waals surface area contributed by atoms with Crippen LogP contribution in [0.2, 0.25) is 0 Å². The molecule has 2 heterocycles.